The van der Waals surface area contributed by atoms with E-state index in [1.54, 1.807) is 0 Å². The number of nitrogens with one attached hydrogen (secondary N) is 1. The minimum Gasteiger partial charge on any atom is -0.372 e. The summed E-state index contributed by atoms with van der Waals surface area (Å²) < 4.78 is 7.29. The number of halogens is 1. The Balaban J connectivity index is 1.96. The molecule has 1 N–H and O–H groups in total. The zero-order valence-corrected chi connectivity index (χ0v) is 14.4. The van der Waals surface area contributed by atoms with Gasteiger partial charge in [-0.2, -0.15) is 0 Å². The first-order valence-electron chi connectivity index (χ1n) is 7.57. The monoisotopic (exact) mass is 339 g/mol. The van der Waals surface area contributed by atoms with Gasteiger partial charge in [0.2, 0.25) is 0 Å². The second-order valence-corrected chi connectivity index (χ2v) is 7.60. The van der Waals surface area contributed by atoms with Crippen LogP contribution in [0.25, 0.3) is 0 Å². The maximum atomic E-state index is 6.16. The van der Waals surface area contributed by atoms with E-state index in [4.69, 9.17) is 4.74 Å². The first-order valence-corrected chi connectivity index (χ1v) is 8.36. The molecule has 0 saturated heterocycles. The lowest BCUT2D eigenvalue weighted by molar-refractivity contribution is 0.0440. The van der Waals surface area contributed by atoms with Crippen molar-refractivity contribution in [1.82, 2.24) is 5.32 Å². The van der Waals surface area contributed by atoms with Crippen LogP contribution in [0.3, 0.4) is 0 Å². The topological polar surface area (TPSA) is 21.3 Å². The summed E-state index contributed by atoms with van der Waals surface area (Å²) in [5, 5.41) is 3.56. The Morgan fingerprint density at radius 1 is 1.30 bits per heavy atom. The molecule has 0 aliphatic heterocycles. The highest BCUT2D eigenvalue weighted by molar-refractivity contribution is 9.10. The highest BCUT2D eigenvalue weighted by Crippen LogP contribution is 2.33. The van der Waals surface area contributed by atoms with Gasteiger partial charge in [-0.1, -0.05) is 47.0 Å². The second kappa shape index (κ2) is 7.06. The van der Waals surface area contributed by atoms with Gasteiger partial charge in [-0.25, -0.2) is 0 Å². The third kappa shape index (κ3) is 5.55. The summed E-state index contributed by atoms with van der Waals surface area (Å²) >= 11 is 3.64. The van der Waals surface area contributed by atoms with Crippen LogP contribution < -0.4 is 5.32 Å². The molecule has 1 saturated carbocycles. The van der Waals surface area contributed by atoms with Crippen LogP contribution in [0.5, 0.6) is 0 Å². The molecular formula is C17H26BrNO. The van der Waals surface area contributed by atoms with Crippen LogP contribution in [0.4, 0.5) is 0 Å². The Morgan fingerprint density at radius 3 is 2.60 bits per heavy atom. The molecule has 1 aliphatic rings. The van der Waals surface area contributed by atoms with Crippen LogP contribution in [0, 0.1) is 5.92 Å². The van der Waals surface area contributed by atoms with Gasteiger partial charge in [-0.15, -0.1) is 0 Å². The van der Waals surface area contributed by atoms with E-state index >= 15 is 0 Å². The first kappa shape index (κ1) is 16.0. The molecule has 1 aromatic carbocycles. The van der Waals surface area contributed by atoms with Crippen molar-refractivity contribution in [3.05, 3.63) is 34.3 Å². The van der Waals surface area contributed by atoms with Gasteiger partial charge in [0.25, 0.3) is 0 Å². The van der Waals surface area contributed by atoms with Crippen molar-refractivity contribution in [1.29, 1.82) is 0 Å². The Bertz CT molecular complexity index is 423. The molecule has 2 rings (SSSR count). The summed E-state index contributed by atoms with van der Waals surface area (Å²) in [6.45, 7) is 8.27. The molecule has 1 aromatic rings. The van der Waals surface area contributed by atoms with Crippen molar-refractivity contribution in [2.45, 2.75) is 51.7 Å². The minimum absolute atomic E-state index is 0.110. The highest BCUT2D eigenvalue weighted by Gasteiger charge is 2.23. The molecular weight excluding hydrogens is 314 g/mol. The maximum absolute atomic E-state index is 6.16. The summed E-state index contributed by atoms with van der Waals surface area (Å²) in [7, 11) is 0. The van der Waals surface area contributed by atoms with Gasteiger partial charge < -0.3 is 10.1 Å². The van der Waals surface area contributed by atoms with Crippen molar-refractivity contribution in [3.63, 3.8) is 0 Å². The van der Waals surface area contributed by atoms with Crippen LogP contribution in [-0.2, 0) is 4.74 Å². The lowest BCUT2D eigenvalue weighted by Crippen LogP contribution is -2.39. The van der Waals surface area contributed by atoms with Crippen LogP contribution in [0.2, 0.25) is 0 Å². The molecule has 2 nitrogen and oxygen atoms in total. The number of rotatable bonds is 7. The van der Waals surface area contributed by atoms with Gasteiger partial charge in [0.15, 0.2) is 0 Å². The van der Waals surface area contributed by atoms with Gasteiger partial charge in [-0.3, -0.25) is 0 Å². The van der Waals surface area contributed by atoms with Crippen molar-refractivity contribution in [2.75, 3.05) is 13.2 Å². The van der Waals surface area contributed by atoms with E-state index in [0.717, 1.165) is 23.5 Å². The fraction of sp³-hybridized carbons (Fsp3) is 0.647. The van der Waals surface area contributed by atoms with Crippen LogP contribution in [0.15, 0.2) is 28.7 Å². The van der Waals surface area contributed by atoms with E-state index in [9.17, 15) is 0 Å². The van der Waals surface area contributed by atoms with Gasteiger partial charge >= 0.3 is 0 Å². The summed E-state index contributed by atoms with van der Waals surface area (Å²) in [4.78, 5) is 0. The normalized spacial score (nSPS) is 17.2. The molecule has 0 heterocycles. The molecule has 1 aliphatic carbocycles. The predicted octanol–water partition coefficient (Wildman–Crippen LogP) is 4.70. The third-order valence-electron chi connectivity index (χ3n) is 3.61. The van der Waals surface area contributed by atoms with E-state index in [0.29, 0.717) is 0 Å². The molecule has 1 atom stereocenters. The van der Waals surface area contributed by atoms with E-state index in [-0.39, 0.29) is 11.6 Å². The van der Waals surface area contributed by atoms with Crippen molar-refractivity contribution >= 4 is 15.9 Å². The molecule has 112 valence electrons. The van der Waals surface area contributed by atoms with E-state index in [1.807, 2.05) is 6.07 Å². The van der Waals surface area contributed by atoms with E-state index in [1.165, 1.54) is 24.8 Å². The lowest BCUT2D eigenvalue weighted by atomic mass is 10.1. The largest absolute Gasteiger partial charge is 0.372 e. The number of ether oxygens (including phenoxy) is 1. The summed E-state index contributed by atoms with van der Waals surface area (Å²) in [6, 6.07) is 8.36. The first-order chi connectivity index (χ1) is 9.46. The molecule has 0 amide bonds. The Morgan fingerprint density at radius 2 is 2.00 bits per heavy atom. The number of benzene rings is 1. The molecule has 0 spiro atoms. The Hall–Kier alpha value is -0.380. The van der Waals surface area contributed by atoms with Crippen LogP contribution >= 0.6 is 15.9 Å². The fourth-order valence-electron chi connectivity index (χ4n) is 2.18. The molecule has 1 fully saturated rings. The standard InChI is InChI=1S/C17H26BrNO/c1-17(2,3)19-12-16(20-11-10-13-8-9-13)14-6-4-5-7-15(14)18/h4-7,13,16,19H,8-12H2,1-3H3. The zero-order valence-electron chi connectivity index (χ0n) is 12.8. The molecule has 1 unspecified atom stereocenters. The third-order valence-corrected chi connectivity index (χ3v) is 4.33. The van der Waals surface area contributed by atoms with Crippen molar-refractivity contribution < 1.29 is 4.74 Å². The molecule has 0 radical (unpaired) electrons. The Kier molecular flexibility index (Phi) is 5.65. The second-order valence-electron chi connectivity index (χ2n) is 6.74. The molecule has 3 heteroatoms. The summed E-state index contributed by atoms with van der Waals surface area (Å²) in [5.41, 5.74) is 1.35. The summed E-state index contributed by atoms with van der Waals surface area (Å²) in [5.74, 6) is 0.922. The van der Waals surface area contributed by atoms with E-state index in [2.05, 4.69) is 60.2 Å². The van der Waals surface area contributed by atoms with Crippen molar-refractivity contribution in [3.8, 4) is 0 Å². The summed E-state index contributed by atoms with van der Waals surface area (Å²) in [6.07, 6.45) is 4.10. The van der Waals surface area contributed by atoms with Gasteiger partial charge in [-0.05, 0) is 44.7 Å². The lowest BCUT2D eigenvalue weighted by Gasteiger charge is -2.26. The van der Waals surface area contributed by atoms with Gasteiger partial charge in [0, 0.05) is 23.2 Å². The molecule has 0 aromatic heterocycles. The van der Waals surface area contributed by atoms with Crippen LogP contribution in [-0.4, -0.2) is 18.7 Å². The molecule has 0 bridgehead atoms. The SMILES string of the molecule is CC(C)(C)NCC(OCCC1CC1)c1ccccc1Br. The number of hydrogen-bond acceptors (Lipinski definition) is 2. The quantitative estimate of drug-likeness (QED) is 0.777. The highest BCUT2D eigenvalue weighted by atomic mass is 79.9. The molecule has 20 heavy (non-hydrogen) atoms. The fourth-order valence-corrected chi connectivity index (χ4v) is 2.72. The van der Waals surface area contributed by atoms with Crippen molar-refractivity contribution in [2.24, 2.45) is 5.92 Å². The maximum Gasteiger partial charge on any atom is 0.0960 e. The van der Waals surface area contributed by atoms with Crippen LogP contribution in [0.1, 0.15) is 51.7 Å². The number of hydrogen-bond donors (Lipinski definition) is 1. The van der Waals surface area contributed by atoms with Gasteiger partial charge in [0.05, 0.1) is 6.10 Å². The minimum atomic E-state index is 0.110. The average Bonchev–Trinajstić information content (AvgIpc) is 3.17. The zero-order chi connectivity index (χ0) is 14.6. The Labute approximate surface area is 131 Å². The average molecular weight is 340 g/mol. The van der Waals surface area contributed by atoms with Gasteiger partial charge in [0.1, 0.15) is 0 Å². The smallest absolute Gasteiger partial charge is 0.0960 e. The van der Waals surface area contributed by atoms with E-state index < -0.39 is 0 Å². The predicted molar refractivity (Wildman–Crippen MR) is 87.9 cm³/mol.